The Morgan fingerprint density at radius 1 is 0.735 bits per heavy atom. The molecule has 1 unspecified atom stereocenters. The van der Waals surface area contributed by atoms with Crippen LogP contribution in [0.25, 0.3) is 38.7 Å². The van der Waals surface area contributed by atoms with Gasteiger partial charge in [0.05, 0.1) is 0 Å². The first-order valence-corrected chi connectivity index (χ1v) is 12.4. The van der Waals surface area contributed by atoms with Crippen LogP contribution >= 0.6 is 0 Å². The molecule has 2 aliphatic rings. The fourth-order valence-corrected chi connectivity index (χ4v) is 6.54. The van der Waals surface area contributed by atoms with Gasteiger partial charge in [0, 0.05) is 11.3 Å². The Morgan fingerprint density at radius 2 is 1.44 bits per heavy atom. The van der Waals surface area contributed by atoms with Gasteiger partial charge in [-0.15, -0.1) is 0 Å². The van der Waals surface area contributed by atoms with Crippen LogP contribution in [0, 0.1) is 6.92 Å². The van der Waals surface area contributed by atoms with Crippen LogP contribution < -0.4 is 0 Å². The second kappa shape index (κ2) is 6.93. The van der Waals surface area contributed by atoms with Crippen molar-refractivity contribution < 1.29 is 0 Å². The Balaban J connectivity index is 1.43. The monoisotopic (exact) mass is 436 g/mol. The highest BCUT2D eigenvalue weighted by molar-refractivity contribution is 6.18. The summed E-state index contributed by atoms with van der Waals surface area (Å²) in [6, 6.07) is 32.0. The average molecular weight is 437 g/mol. The van der Waals surface area contributed by atoms with Crippen molar-refractivity contribution >= 4 is 27.6 Å². The fourth-order valence-electron chi connectivity index (χ4n) is 6.54. The molecule has 0 amide bonds. The third kappa shape index (κ3) is 2.66. The van der Waals surface area contributed by atoms with Crippen LogP contribution in [0.3, 0.4) is 0 Å². The molecular formula is C34H28. The number of rotatable bonds is 1. The van der Waals surface area contributed by atoms with E-state index in [2.05, 4.69) is 118 Å². The van der Waals surface area contributed by atoms with Crippen molar-refractivity contribution in [2.45, 2.75) is 38.5 Å². The molecule has 0 fully saturated rings. The molecule has 0 saturated carbocycles. The molecule has 0 heteroatoms. The van der Waals surface area contributed by atoms with Crippen LogP contribution in [0.2, 0.25) is 0 Å². The predicted molar refractivity (Wildman–Crippen MR) is 146 cm³/mol. The molecule has 164 valence electrons. The summed E-state index contributed by atoms with van der Waals surface area (Å²) in [5, 5.41) is 5.48. The first kappa shape index (κ1) is 19.8. The Hall–Kier alpha value is -3.64. The number of benzene rings is 5. The van der Waals surface area contributed by atoms with Gasteiger partial charge in [-0.3, -0.25) is 0 Å². The molecule has 2 aliphatic carbocycles. The zero-order valence-corrected chi connectivity index (χ0v) is 20.0. The van der Waals surface area contributed by atoms with Crippen molar-refractivity contribution in [2.24, 2.45) is 0 Å². The van der Waals surface area contributed by atoms with E-state index in [0.29, 0.717) is 5.92 Å². The molecule has 0 aromatic heterocycles. The zero-order chi connectivity index (χ0) is 23.0. The maximum atomic E-state index is 2.51. The molecule has 0 aliphatic heterocycles. The topological polar surface area (TPSA) is 0 Å². The van der Waals surface area contributed by atoms with Gasteiger partial charge in [0.15, 0.2) is 0 Å². The van der Waals surface area contributed by atoms with Crippen LogP contribution in [0.5, 0.6) is 0 Å². The van der Waals surface area contributed by atoms with Crippen LogP contribution in [0.1, 0.15) is 53.1 Å². The van der Waals surface area contributed by atoms with Crippen molar-refractivity contribution in [2.75, 3.05) is 0 Å². The third-order valence-corrected chi connectivity index (χ3v) is 8.22. The van der Waals surface area contributed by atoms with Crippen LogP contribution in [0.4, 0.5) is 0 Å². The van der Waals surface area contributed by atoms with E-state index in [1.165, 1.54) is 66.1 Å². The Morgan fingerprint density at radius 3 is 2.24 bits per heavy atom. The van der Waals surface area contributed by atoms with E-state index in [1.807, 2.05) is 0 Å². The number of hydrogen-bond acceptors (Lipinski definition) is 0. The van der Waals surface area contributed by atoms with E-state index in [-0.39, 0.29) is 5.41 Å². The molecule has 0 bridgehead atoms. The second-order valence-corrected chi connectivity index (χ2v) is 10.6. The minimum absolute atomic E-state index is 0.0439. The summed E-state index contributed by atoms with van der Waals surface area (Å²) in [6.45, 7) is 7.00. The van der Waals surface area contributed by atoms with E-state index < -0.39 is 0 Å². The number of allylic oxidation sites excluding steroid dienone is 1. The van der Waals surface area contributed by atoms with Gasteiger partial charge in [0.2, 0.25) is 0 Å². The van der Waals surface area contributed by atoms with Crippen molar-refractivity contribution in [3.05, 3.63) is 124 Å². The summed E-state index contributed by atoms with van der Waals surface area (Å²) < 4.78 is 0. The number of hydrogen-bond donors (Lipinski definition) is 0. The van der Waals surface area contributed by atoms with Gasteiger partial charge in [0.25, 0.3) is 0 Å². The van der Waals surface area contributed by atoms with Crippen LogP contribution in [-0.4, -0.2) is 0 Å². The molecule has 0 spiro atoms. The summed E-state index contributed by atoms with van der Waals surface area (Å²) >= 11 is 0. The molecule has 0 N–H and O–H groups in total. The lowest BCUT2D eigenvalue weighted by Gasteiger charge is -2.26. The lowest BCUT2D eigenvalue weighted by atomic mass is 9.77. The summed E-state index contributed by atoms with van der Waals surface area (Å²) in [4.78, 5) is 0. The molecule has 0 heterocycles. The molecule has 0 saturated heterocycles. The summed E-state index contributed by atoms with van der Waals surface area (Å²) in [5.41, 5.74) is 11.3. The maximum Gasteiger partial charge on any atom is 0.0165 e. The molecule has 0 radical (unpaired) electrons. The van der Waals surface area contributed by atoms with Crippen molar-refractivity contribution in [3.63, 3.8) is 0 Å². The van der Waals surface area contributed by atoms with E-state index in [4.69, 9.17) is 0 Å². The van der Waals surface area contributed by atoms with Gasteiger partial charge in [-0.05, 0) is 73.8 Å². The molecule has 5 aromatic carbocycles. The van der Waals surface area contributed by atoms with Crippen LogP contribution in [0.15, 0.2) is 91.0 Å². The zero-order valence-electron chi connectivity index (χ0n) is 20.0. The molecule has 5 aromatic rings. The number of fused-ring (bicyclic) bond motifs is 9. The summed E-state index contributed by atoms with van der Waals surface area (Å²) in [6.07, 6.45) is 5.80. The predicted octanol–water partition coefficient (Wildman–Crippen LogP) is 8.96. The van der Waals surface area contributed by atoms with Gasteiger partial charge in [0.1, 0.15) is 0 Å². The smallest absolute Gasteiger partial charge is 0.0165 e. The Labute approximate surface area is 201 Å². The third-order valence-electron chi connectivity index (χ3n) is 8.22. The molecular weight excluding hydrogens is 408 g/mol. The highest BCUT2D eigenvalue weighted by Crippen LogP contribution is 2.55. The first-order valence-electron chi connectivity index (χ1n) is 12.4. The molecule has 1 atom stereocenters. The van der Waals surface area contributed by atoms with Gasteiger partial charge >= 0.3 is 0 Å². The lowest BCUT2D eigenvalue weighted by molar-refractivity contribution is 0.664. The van der Waals surface area contributed by atoms with Crippen molar-refractivity contribution in [1.82, 2.24) is 0 Å². The summed E-state index contributed by atoms with van der Waals surface area (Å²) in [5.74, 6) is 0.425. The van der Waals surface area contributed by atoms with Gasteiger partial charge < -0.3 is 0 Å². The average Bonchev–Trinajstić information content (AvgIpc) is 3.11. The SMILES string of the molecule is Cc1ccc2c(c1)C=CC(c1ccc3c(c1)C(C)(C)c1c-3c3ccccc3c3ccccc13)C2. The van der Waals surface area contributed by atoms with Crippen molar-refractivity contribution in [1.29, 1.82) is 0 Å². The fraction of sp³-hybridized carbons (Fsp3) is 0.176. The van der Waals surface area contributed by atoms with Gasteiger partial charge in [-0.2, -0.15) is 0 Å². The Kier molecular flexibility index (Phi) is 4.04. The van der Waals surface area contributed by atoms with Gasteiger partial charge in [-0.1, -0.05) is 116 Å². The quantitative estimate of drug-likeness (QED) is 0.230. The Bertz CT molecular complexity index is 1660. The molecule has 7 rings (SSSR count). The van der Waals surface area contributed by atoms with Gasteiger partial charge in [-0.25, -0.2) is 0 Å². The second-order valence-electron chi connectivity index (χ2n) is 10.6. The van der Waals surface area contributed by atoms with Crippen LogP contribution in [-0.2, 0) is 11.8 Å². The normalized spacial score (nSPS) is 17.6. The number of aryl methyl sites for hydroxylation is 1. The maximum absolute atomic E-state index is 2.51. The largest absolute Gasteiger partial charge is 0.0761 e. The van der Waals surface area contributed by atoms with E-state index in [0.717, 1.165) is 6.42 Å². The van der Waals surface area contributed by atoms with Crippen molar-refractivity contribution in [3.8, 4) is 11.1 Å². The highest BCUT2D eigenvalue weighted by Gasteiger charge is 2.38. The minimum atomic E-state index is -0.0439. The molecule has 34 heavy (non-hydrogen) atoms. The van der Waals surface area contributed by atoms with E-state index >= 15 is 0 Å². The summed E-state index contributed by atoms with van der Waals surface area (Å²) in [7, 11) is 0. The minimum Gasteiger partial charge on any atom is -0.0761 e. The van der Waals surface area contributed by atoms with E-state index in [1.54, 1.807) is 0 Å². The lowest BCUT2D eigenvalue weighted by Crippen LogP contribution is -2.16. The first-order chi connectivity index (χ1) is 16.5. The standard InChI is InChI=1S/C34H28/c1-21-12-13-23-19-24(15-14-22(23)18-21)25-16-17-30-31(20-25)34(2,3)33-29-11-7-5-9-27(29)26-8-4-6-10-28(26)32(30)33/h4-18,20,24H,19H2,1-3H3. The molecule has 0 nitrogen and oxygen atoms in total. The highest BCUT2D eigenvalue weighted by atomic mass is 14.4. The van der Waals surface area contributed by atoms with E-state index in [9.17, 15) is 0 Å².